The van der Waals surface area contributed by atoms with Crippen LogP contribution in [0.4, 0.5) is 0 Å². The van der Waals surface area contributed by atoms with Crippen molar-refractivity contribution in [3.8, 4) is 0 Å². The Labute approximate surface area is 76.3 Å². The van der Waals surface area contributed by atoms with E-state index in [0.717, 1.165) is 11.1 Å². The zero-order valence-corrected chi connectivity index (χ0v) is 7.41. The summed E-state index contributed by atoms with van der Waals surface area (Å²) in [6.07, 6.45) is 1.91. The molecule has 0 aliphatic rings. The topological polar surface area (TPSA) is 54.2 Å². The Hall–Kier alpha value is -1.77. The Morgan fingerprint density at radius 2 is 2.23 bits per heavy atom. The van der Waals surface area contributed by atoms with E-state index in [1.165, 1.54) is 5.39 Å². The molecule has 0 fully saturated rings. The van der Waals surface area contributed by atoms with E-state index in [0.29, 0.717) is 5.84 Å². The standard InChI is InChI=1S/C10H11N3/c1-12-10(11)8-3-2-7-4-5-13-9(7)6-8/h2-6,13H,1H3,(H2,11,12). The first-order valence-corrected chi connectivity index (χ1v) is 4.11. The van der Waals surface area contributed by atoms with Gasteiger partial charge >= 0.3 is 0 Å². The highest BCUT2D eigenvalue weighted by Gasteiger charge is 1.99. The van der Waals surface area contributed by atoms with Gasteiger partial charge in [0.2, 0.25) is 0 Å². The minimum Gasteiger partial charge on any atom is -0.384 e. The number of amidine groups is 1. The number of nitrogens with two attached hydrogens (primary N) is 1. The van der Waals surface area contributed by atoms with Crippen LogP contribution in [0.1, 0.15) is 5.56 Å². The van der Waals surface area contributed by atoms with Crippen LogP contribution in [0.15, 0.2) is 35.5 Å². The summed E-state index contributed by atoms with van der Waals surface area (Å²) in [5.41, 5.74) is 7.73. The SMILES string of the molecule is C/N=C(\N)c1ccc2cc[nH]c2c1. The second-order valence-corrected chi connectivity index (χ2v) is 2.89. The van der Waals surface area contributed by atoms with Gasteiger partial charge in [0.25, 0.3) is 0 Å². The first kappa shape index (κ1) is 7.86. The first-order valence-electron chi connectivity index (χ1n) is 4.11. The molecule has 0 saturated heterocycles. The molecule has 1 heterocycles. The van der Waals surface area contributed by atoms with Crippen LogP contribution >= 0.6 is 0 Å². The van der Waals surface area contributed by atoms with Crippen LogP contribution in [-0.4, -0.2) is 17.9 Å². The molecule has 0 radical (unpaired) electrons. The lowest BCUT2D eigenvalue weighted by molar-refractivity contribution is 1.39. The molecule has 0 atom stereocenters. The van der Waals surface area contributed by atoms with Gasteiger partial charge in [0.15, 0.2) is 0 Å². The molecule has 1 aromatic carbocycles. The molecule has 3 N–H and O–H groups in total. The van der Waals surface area contributed by atoms with Gasteiger partial charge in [-0.1, -0.05) is 12.1 Å². The average Bonchev–Trinajstić information content (AvgIpc) is 2.63. The van der Waals surface area contributed by atoms with E-state index >= 15 is 0 Å². The number of aromatic nitrogens is 1. The van der Waals surface area contributed by atoms with Gasteiger partial charge in [-0.25, -0.2) is 0 Å². The largest absolute Gasteiger partial charge is 0.384 e. The van der Waals surface area contributed by atoms with Crippen molar-refractivity contribution in [2.45, 2.75) is 0 Å². The first-order chi connectivity index (χ1) is 6.31. The number of nitrogens with zero attached hydrogens (tertiary/aromatic N) is 1. The van der Waals surface area contributed by atoms with Crippen molar-refractivity contribution in [3.05, 3.63) is 36.0 Å². The van der Waals surface area contributed by atoms with Crippen LogP contribution in [-0.2, 0) is 0 Å². The van der Waals surface area contributed by atoms with Crippen molar-refractivity contribution >= 4 is 16.7 Å². The second-order valence-electron chi connectivity index (χ2n) is 2.89. The van der Waals surface area contributed by atoms with Gasteiger partial charge in [-0.3, -0.25) is 4.99 Å². The van der Waals surface area contributed by atoms with E-state index in [2.05, 4.69) is 9.98 Å². The van der Waals surface area contributed by atoms with E-state index in [9.17, 15) is 0 Å². The molecular weight excluding hydrogens is 162 g/mol. The van der Waals surface area contributed by atoms with Gasteiger partial charge < -0.3 is 10.7 Å². The number of aromatic amines is 1. The number of aliphatic imine (C=N–C) groups is 1. The second kappa shape index (κ2) is 2.94. The molecule has 2 rings (SSSR count). The van der Waals surface area contributed by atoms with Crippen molar-refractivity contribution in [2.75, 3.05) is 7.05 Å². The summed E-state index contributed by atoms with van der Waals surface area (Å²) in [6, 6.07) is 8.02. The van der Waals surface area contributed by atoms with E-state index < -0.39 is 0 Å². The molecule has 2 aromatic rings. The highest BCUT2D eigenvalue weighted by atomic mass is 14.8. The predicted molar refractivity (Wildman–Crippen MR) is 54.9 cm³/mol. The van der Waals surface area contributed by atoms with Crippen LogP contribution in [0.2, 0.25) is 0 Å². The number of hydrogen-bond acceptors (Lipinski definition) is 1. The maximum Gasteiger partial charge on any atom is 0.125 e. The van der Waals surface area contributed by atoms with Crippen molar-refractivity contribution < 1.29 is 0 Å². The molecule has 0 aliphatic carbocycles. The smallest absolute Gasteiger partial charge is 0.125 e. The molecule has 0 unspecified atom stereocenters. The van der Waals surface area contributed by atoms with E-state index in [1.807, 2.05) is 30.5 Å². The molecule has 0 amide bonds. The zero-order chi connectivity index (χ0) is 9.26. The lowest BCUT2D eigenvalue weighted by Gasteiger charge is -1.98. The third-order valence-electron chi connectivity index (χ3n) is 2.09. The van der Waals surface area contributed by atoms with Crippen LogP contribution in [0, 0.1) is 0 Å². The maximum atomic E-state index is 5.69. The van der Waals surface area contributed by atoms with Crippen LogP contribution in [0.5, 0.6) is 0 Å². The van der Waals surface area contributed by atoms with Gasteiger partial charge in [-0.05, 0) is 17.5 Å². The summed E-state index contributed by atoms with van der Waals surface area (Å²) in [6.45, 7) is 0. The quantitative estimate of drug-likeness (QED) is 0.498. The number of fused-ring (bicyclic) bond motifs is 1. The molecule has 0 spiro atoms. The van der Waals surface area contributed by atoms with E-state index in [1.54, 1.807) is 7.05 Å². The summed E-state index contributed by atoms with van der Waals surface area (Å²) < 4.78 is 0. The fourth-order valence-corrected chi connectivity index (χ4v) is 1.34. The number of benzene rings is 1. The summed E-state index contributed by atoms with van der Waals surface area (Å²) in [7, 11) is 1.69. The minimum absolute atomic E-state index is 0.566. The maximum absolute atomic E-state index is 5.69. The Bertz CT molecular complexity index is 454. The highest BCUT2D eigenvalue weighted by molar-refractivity contribution is 6.00. The third kappa shape index (κ3) is 1.28. The molecule has 0 aliphatic heterocycles. The Balaban J connectivity index is 2.60. The summed E-state index contributed by atoms with van der Waals surface area (Å²) in [5, 5.41) is 1.19. The fraction of sp³-hybridized carbons (Fsp3) is 0.100. The van der Waals surface area contributed by atoms with Gasteiger partial charge in [-0.2, -0.15) is 0 Å². The average molecular weight is 173 g/mol. The normalized spacial score (nSPS) is 12.2. The van der Waals surface area contributed by atoms with Crippen LogP contribution < -0.4 is 5.73 Å². The molecule has 0 bridgehead atoms. The fourth-order valence-electron chi connectivity index (χ4n) is 1.34. The van der Waals surface area contributed by atoms with Gasteiger partial charge in [0.1, 0.15) is 5.84 Å². The lowest BCUT2D eigenvalue weighted by Crippen LogP contribution is -2.12. The lowest BCUT2D eigenvalue weighted by atomic mass is 10.1. The molecule has 66 valence electrons. The molecule has 1 aromatic heterocycles. The minimum atomic E-state index is 0.566. The molecule has 0 saturated carbocycles. The molecule has 13 heavy (non-hydrogen) atoms. The van der Waals surface area contributed by atoms with Crippen LogP contribution in [0.25, 0.3) is 10.9 Å². The monoisotopic (exact) mass is 173 g/mol. The van der Waals surface area contributed by atoms with Gasteiger partial charge in [-0.15, -0.1) is 0 Å². The predicted octanol–water partition coefficient (Wildman–Crippen LogP) is 1.50. The Kier molecular flexibility index (Phi) is 1.77. The van der Waals surface area contributed by atoms with Crippen molar-refractivity contribution in [1.82, 2.24) is 4.98 Å². The molecular formula is C10H11N3. The van der Waals surface area contributed by atoms with Crippen molar-refractivity contribution in [3.63, 3.8) is 0 Å². The summed E-state index contributed by atoms with van der Waals surface area (Å²) in [4.78, 5) is 7.06. The van der Waals surface area contributed by atoms with Gasteiger partial charge in [0.05, 0.1) is 0 Å². The number of nitrogens with one attached hydrogen (secondary N) is 1. The van der Waals surface area contributed by atoms with Gasteiger partial charge in [0, 0.05) is 24.3 Å². The van der Waals surface area contributed by atoms with E-state index in [-0.39, 0.29) is 0 Å². The Morgan fingerprint density at radius 1 is 1.38 bits per heavy atom. The van der Waals surface area contributed by atoms with Crippen molar-refractivity contribution in [2.24, 2.45) is 10.7 Å². The number of rotatable bonds is 1. The highest BCUT2D eigenvalue weighted by Crippen LogP contribution is 2.13. The number of H-pyrrole nitrogens is 1. The molecule has 3 heteroatoms. The zero-order valence-electron chi connectivity index (χ0n) is 7.41. The van der Waals surface area contributed by atoms with Crippen LogP contribution in [0.3, 0.4) is 0 Å². The summed E-state index contributed by atoms with van der Waals surface area (Å²) >= 11 is 0. The summed E-state index contributed by atoms with van der Waals surface area (Å²) in [5.74, 6) is 0.566. The number of hydrogen-bond donors (Lipinski definition) is 2. The molecule has 3 nitrogen and oxygen atoms in total. The van der Waals surface area contributed by atoms with Crippen molar-refractivity contribution in [1.29, 1.82) is 0 Å². The third-order valence-corrected chi connectivity index (χ3v) is 2.09. The Morgan fingerprint density at radius 3 is 3.00 bits per heavy atom. The van der Waals surface area contributed by atoms with E-state index in [4.69, 9.17) is 5.73 Å².